The van der Waals surface area contributed by atoms with E-state index in [1.165, 1.54) is 11.1 Å². The summed E-state index contributed by atoms with van der Waals surface area (Å²) in [6.07, 6.45) is 3.14. The molecule has 2 aromatic carbocycles. The van der Waals surface area contributed by atoms with E-state index in [0.29, 0.717) is 0 Å². The molecule has 2 nitrogen and oxygen atoms in total. The normalized spacial score (nSPS) is 23.4. The fourth-order valence-corrected chi connectivity index (χ4v) is 3.90. The fraction of sp³-hybridized carbons (Fsp3) is 0.429. The average molecular weight is 310 g/mol. The highest BCUT2D eigenvalue weighted by molar-refractivity contribution is 5.33. The number of methoxy groups -OCH3 is 1. The minimum Gasteiger partial charge on any atom is -0.497 e. The van der Waals surface area contributed by atoms with Gasteiger partial charge in [-0.3, -0.25) is 0 Å². The number of ether oxygens (including phenoxy) is 2. The summed E-state index contributed by atoms with van der Waals surface area (Å²) in [4.78, 5) is 0. The van der Waals surface area contributed by atoms with Crippen molar-refractivity contribution in [2.75, 3.05) is 13.7 Å². The minimum atomic E-state index is -0.0828. The van der Waals surface area contributed by atoms with Crippen LogP contribution >= 0.6 is 0 Å². The molecule has 0 radical (unpaired) electrons. The van der Waals surface area contributed by atoms with Crippen molar-refractivity contribution in [2.45, 2.75) is 44.1 Å². The van der Waals surface area contributed by atoms with E-state index in [0.717, 1.165) is 31.6 Å². The molecule has 0 amide bonds. The lowest BCUT2D eigenvalue weighted by atomic mass is 9.66. The molecule has 0 spiro atoms. The van der Waals surface area contributed by atoms with Gasteiger partial charge in [-0.2, -0.15) is 0 Å². The SMILES string of the molecule is COc1ccc(CC2(c3ccccc3)CCOC(C)(C)C2)cc1. The molecule has 1 aliphatic heterocycles. The summed E-state index contributed by atoms with van der Waals surface area (Å²) < 4.78 is 11.3. The Bertz CT molecular complexity index is 631. The van der Waals surface area contributed by atoms with Crippen molar-refractivity contribution in [3.05, 3.63) is 65.7 Å². The molecule has 1 atom stereocenters. The van der Waals surface area contributed by atoms with Crippen LogP contribution in [0.25, 0.3) is 0 Å². The second-order valence-electron chi connectivity index (χ2n) is 7.21. The monoisotopic (exact) mass is 310 g/mol. The zero-order chi connectivity index (χ0) is 16.3. The van der Waals surface area contributed by atoms with E-state index in [-0.39, 0.29) is 11.0 Å². The van der Waals surface area contributed by atoms with Gasteiger partial charge in [0.05, 0.1) is 12.7 Å². The summed E-state index contributed by atoms with van der Waals surface area (Å²) in [6, 6.07) is 19.4. The van der Waals surface area contributed by atoms with Gasteiger partial charge in [0.15, 0.2) is 0 Å². The van der Waals surface area contributed by atoms with Gasteiger partial charge in [0.2, 0.25) is 0 Å². The zero-order valence-electron chi connectivity index (χ0n) is 14.3. The first kappa shape index (κ1) is 16.1. The molecule has 3 rings (SSSR count). The molecule has 23 heavy (non-hydrogen) atoms. The maximum Gasteiger partial charge on any atom is 0.118 e. The van der Waals surface area contributed by atoms with E-state index >= 15 is 0 Å². The second-order valence-corrected chi connectivity index (χ2v) is 7.21. The predicted molar refractivity (Wildman–Crippen MR) is 94.1 cm³/mol. The van der Waals surface area contributed by atoms with Gasteiger partial charge in [-0.05, 0) is 56.4 Å². The molecule has 2 heteroatoms. The molecule has 1 saturated heterocycles. The van der Waals surface area contributed by atoms with Gasteiger partial charge < -0.3 is 9.47 Å². The summed E-state index contributed by atoms with van der Waals surface area (Å²) >= 11 is 0. The van der Waals surface area contributed by atoms with Crippen LogP contribution in [0.4, 0.5) is 0 Å². The molecule has 0 aromatic heterocycles. The molecule has 0 N–H and O–H groups in total. The van der Waals surface area contributed by atoms with Crippen LogP contribution < -0.4 is 4.74 Å². The summed E-state index contributed by atoms with van der Waals surface area (Å²) in [5, 5.41) is 0. The summed E-state index contributed by atoms with van der Waals surface area (Å²) in [5.41, 5.74) is 2.83. The van der Waals surface area contributed by atoms with Crippen LogP contribution in [0.1, 0.15) is 37.8 Å². The van der Waals surface area contributed by atoms with E-state index in [4.69, 9.17) is 9.47 Å². The Morgan fingerprint density at radius 2 is 1.70 bits per heavy atom. The minimum absolute atomic E-state index is 0.0828. The van der Waals surface area contributed by atoms with Gasteiger partial charge in [0, 0.05) is 12.0 Å². The second kappa shape index (κ2) is 6.37. The summed E-state index contributed by atoms with van der Waals surface area (Å²) in [7, 11) is 1.71. The van der Waals surface area contributed by atoms with Gasteiger partial charge in [0.1, 0.15) is 5.75 Å². The lowest BCUT2D eigenvalue weighted by Gasteiger charge is -2.45. The third-order valence-electron chi connectivity index (χ3n) is 4.93. The third-order valence-corrected chi connectivity index (χ3v) is 4.93. The van der Waals surface area contributed by atoms with Crippen LogP contribution in [0.2, 0.25) is 0 Å². The van der Waals surface area contributed by atoms with Crippen LogP contribution in [0.5, 0.6) is 5.75 Å². The molecule has 1 unspecified atom stereocenters. The highest BCUT2D eigenvalue weighted by Crippen LogP contribution is 2.43. The van der Waals surface area contributed by atoms with Crippen molar-refractivity contribution in [3.63, 3.8) is 0 Å². The first-order chi connectivity index (χ1) is 11.0. The molecule has 1 fully saturated rings. The predicted octanol–water partition coefficient (Wildman–Crippen LogP) is 4.76. The third kappa shape index (κ3) is 3.59. The van der Waals surface area contributed by atoms with E-state index < -0.39 is 0 Å². The van der Waals surface area contributed by atoms with Gasteiger partial charge >= 0.3 is 0 Å². The smallest absolute Gasteiger partial charge is 0.118 e. The molecular formula is C21H26O2. The number of benzene rings is 2. The van der Waals surface area contributed by atoms with Gasteiger partial charge in [-0.1, -0.05) is 42.5 Å². The van der Waals surface area contributed by atoms with Crippen LogP contribution in [0.15, 0.2) is 54.6 Å². The van der Waals surface area contributed by atoms with Crippen LogP contribution in [-0.2, 0) is 16.6 Å². The largest absolute Gasteiger partial charge is 0.497 e. The van der Waals surface area contributed by atoms with Crippen molar-refractivity contribution in [3.8, 4) is 5.75 Å². The van der Waals surface area contributed by atoms with Crippen molar-refractivity contribution in [1.29, 1.82) is 0 Å². The molecule has 0 saturated carbocycles. The van der Waals surface area contributed by atoms with Crippen molar-refractivity contribution >= 4 is 0 Å². The lowest BCUT2D eigenvalue weighted by Crippen LogP contribution is -2.45. The Hall–Kier alpha value is -1.80. The van der Waals surface area contributed by atoms with Crippen molar-refractivity contribution in [1.82, 2.24) is 0 Å². The summed E-state index contributed by atoms with van der Waals surface area (Å²) in [5.74, 6) is 0.912. The zero-order valence-corrected chi connectivity index (χ0v) is 14.3. The lowest BCUT2D eigenvalue weighted by molar-refractivity contribution is -0.0824. The molecule has 2 aromatic rings. The maximum absolute atomic E-state index is 6.00. The fourth-order valence-electron chi connectivity index (χ4n) is 3.90. The topological polar surface area (TPSA) is 18.5 Å². The molecule has 122 valence electrons. The van der Waals surface area contributed by atoms with E-state index in [1.54, 1.807) is 7.11 Å². The molecule has 1 heterocycles. The van der Waals surface area contributed by atoms with Crippen LogP contribution in [0.3, 0.4) is 0 Å². The van der Waals surface area contributed by atoms with Gasteiger partial charge in [-0.15, -0.1) is 0 Å². The first-order valence-electron chi connectivity index (χ1n) is 8.35. The highest BCUT2D eigenvalue weighted by atomic mass is 16.5. The Labute approximate surface area is 139 Å². The Balaban J connectivity index is 1.95. The molecule has 0 aliphatic carbocycles. The van der Waals surface area contributed by atoms with E-state index in [2.05, 4.69) is 68.4 Å². The van der Waals surface area contributed by atoms with Gasteiger partial charge in [-0.25, -0.2) is 0 Å². The average Bonchev–Trinajstić information content (AvgIpc) is 2.55. The Morgan fingerprint density at radius 1 is 1.00 bits per heavy atom. The van der Waals surface area contributed by atoms with Crippen LogP contribution in [0, 0.1) is 0 Å². The van der Waals surface area contributed by atoms with Gasteiger partial charge in [0.25, 0.3) is 0 Å². The molecule has 0 bridgehead atoms. The van der Waals surface area contributed by atoms with E-state index in [9.17, 15) is 0 Å². The first-order valence-corrected chi connectivity index (χ1v) is 8.35. The summed E-state index contributed by atoms with van der Waals surface area (Å²) in [6.45, 7) is 5.23. The van der Waals surface area contributed by atoms with Crippen molar-refractivity contribution in [2.24, 2.45) is 0 Å². The molecular weight excluding hydrogens is 284 g/mol. The van der Waals surface area contributed by atoms with E-state index in [1.807, 2.05) is 0 Å². The van der Waals surface area contributed by atoms with Crippen LogP contribution in [-0.4, -0.2) is 19.3 Å². The standard InChI is InChI=1S/C21H26O2/c1-20(2)16-21(13-14-23-20,18-7-5-4-6-8-18)15-17-9-11-19(22-3)12-10-17/h4-12H,13-16H2,1-3H3. The highest BCUT2D eigenvalue weighted by Gasteiger charge is 2.42. The quantitative estimate of drug-likeness (QED) is 0.810. The number of rotatable bonds is 4. The maximum atomic E-state index is 6.00. The molecule has 1 aliphatic rings. The number of hydrogen-bond donors (Lipinski definition) is 0. The number of hydrogen-bond acceptors (Lipinski definition) is 2. The Morgan fingerprint density at radius 3 is 2.30 bits per heavy atom. The Kier molecular flexibility index (Phi) is 4.45. The van der Waals surface area contributed by atoms with Crippen molar-refractivity contribution < 1.29 is 9.47 Å².